The molecule has 1 atom stereocenters. The second-order valence-corrected chi connectivity index (χ2v) is 5.43. The van der Waals surface area contributed by atoms with E-state index in [0.717, 1.165) is 5.39 Å². The van der Waals surface area contributed by atoms with Crippen LogP contribution in [0.5, 0.6) is 5.88 Å². The van der Waals surface area contributed by atoms with Crippen LogP contribution in [0, 0.1) is 0 Å². The molecule has 6 nitrogen and oxygen atoms in total. The molecule has 1 amide bonds. The Balaban J connectivity index is 1.85. The lowest BCUT2D eigenvalue weighted by Crippen LogP contribution is -2.42. The van der Waals surface area contributed by atoms with Crippen LogP contribution in [-0.4, -0.2) is 33.1 Å². The van der Waals surface area contributed by atoms with Gasteiger partial charge in [0, 0.05) is 28.5 Å². The summed E-state index contributed by atoms with van der Waals surface area (Å²) in [5.74, 6) is -1.72. The number of hydrogen-bond donors (Lipinski definition) is 4. The van der Waals surface area contributed by atoms with E-state index in [0.29, 0.717) is 16.6 Å². The van der Waals surface area contributed by atoms with Crippen molar-refractivity contribution in [1.82, 2.24) is 10.3 Å². The first-order valence-corrected chi connectivity index (χ1v) is 7.43. The number of rotatable bonds is 5. The molecule has 4 N–H and O–H groups in total. The third-order valence-electron chi connectivity index (χ3n) is 3.84. The van der Waals surface area contributed by atoms with Crippen molar-refractivity contribution in [3.05, 3.63) is 65.7 Å². The van der Waals surface area contributed by atoms with Crippen LogP contribution in [0.15, 0.2) is 54.6 Å². The van der Waals surface area contributed by atoms with Gasteiger partial charge in [0.2, 0.25) is 0 Å². The van der Waals surface area contributed by atoms with Crippen molar-refractivity contribution in [3.63, 3.8) is 0 Å². The predicted octanol–water partition coefficient (Wildman–Crippen LogP) is 2.30. The van der Waals surface area contributed by atoms with E-state index < -0.39 is 17.9 Å². The second-order valence-electron chi connectivity index (χ2n) is 5.43. The van der Waals surface area contributed by atoms with Gasteiger partial charge in [0.05, 0.1) is 0 Å². The van der Waals surface area contributed by atoms with Gasteiger partial charge in [-0.15, -0.1) is 0 Å². The number of carboxylic acids is 1. The van der Waals surface area contributed by atoms with E-state index in [1.165, 1.54) is 0 Å². The van der Waals surface area contributed by atoms with Crippen LogP contribution >= 0.6 is 0 Å². The molecule has 24 heavy (non-hydrogen) atoms. The van der Waals surface area contributed by atoms with Gasteiger partial charge >= 0.3 is 5.97 Å². The number of aromatic hydroxyl groups is 1. The fourth-order valence-electron chi connectivity index (χ4n) is 2.63. The van der Waals surface area contributed by atoms with E-state index >= 15 is 0 Å². The highest BCUT2D eigenvalue weighted by Crippen LogP contribution is 2.28. The Morgan fingerprint density at radius 3 is 2.42 bits per heavy atom. The molecule has 0 radical (unpaired) electrons. The minimum absolute atomic E-state index is 0.0241. The molecule has 0 aliphatic rings. The Hall–Kier alpha value is -3.28. The Bertz CT molecular complexity index is 886. The summed E-state index contributed by atoms with van der Waals surface area (Å²) in [4.78, 5) is 26.5. The topological polar surface area (TPSA) is 102 Å². The third kappa shape index (κ3) is 3.08. The van der Waals surface area contributed by atoms with Crippen molar-refractivity contribution < 1.29 is 19.8 Å². The Kier molecular flexibility index (Phi) is 4.20. The SMILES string of the molecule is O=C(NC(Cc1c(O)[nH]c2ccccc12)C(=O)O)c1ccccc1. The lowest BCUT2D eigenvalue weighted by Gasteiger charge is -2.14. The molecule has 0 aliphatic carbocycles. The predicted molar refractivity (Wildman–Crippen MR) is 89.0 cm³/mol. The summed E-state index contributed by atoms with van der Waals surface area (Å²) in [6, 6.07) is 14.4. The molecule has 0 saturated heterocycles. The molecule has 2 aromatic carbocycles. The summed E-state index contributed by atoms with van der Waals surface area (Å²) in [5, 5.41) is 22.7. The van der Waals surface area contributed by atoms with Crippen LogP contribution in [0.25, 0.3) is 10.9 Å². The van der Waals surface area contributed by atoms with Crippen LogP contribution in [0.2, 0.25) is 0 Å². The summed E-state index contributed by atoms with van der Waals surface area (Å²) in [6.07, 6.45) is -0.0241. The Labute approximate surface area is 137 Å². The smallest absolute Gasteiger partial charge is 0.326 e. The number of carboxylic acid groups (broad SMARTS) is 1. The third-order valence-corrected chi connectivity index (χ3v) is 3.84. The average molecular weight is 324 g/mol. The zero-order valence-corrected chi connectivity index (χ0v) is 12.7. The van der Waals surface area contributed by atoms with Gasteiger partial charge < -0.3 is 20.5 Å². The molecule has 1 heterocycles. The summed E-state index contributed by atoms with van der Waals surface area (Å²) >= 11 is 0. The number of carbonyl (C=O) groups is 2. The van der Waals surface area contributed by atoms with E-state index in [-0.39, 0.29) is 12.3 Å². The van der Waals surface area contributed by atoms with Gasteiger partial charge in [-0.25, -0.2) is 4.79 Å². The number of para-hydroxylation sites is 1. The van der Waals surface area contributed by atoms with E-state index in [2.05, 4.69) is 10.3 Å². The molecule has 3 aromatic rings. The van der Waals surface area contributed by atoms with Crippen molar-refractivity contribution in [2.75, 3.05) is 0 Å². The average Bonchev–Trinajstić information content (AvgIpc) is 2.90. The van der Waals surface area contributed by atoms with Crippen LogP contribution in [0.1, 0.15) is 15.9 Å². The van der Waals surface area contributed by atoms with E-state index in [1.54, 1.807) is 48.5 Å². The highest BCUT2D eigenvalue weighted by molar-refractivity contribution is 5.97. The number of benzene rings is 2. The van der Waals surface area contributed by atoms with Gasteiger partial charge in [0.25, 0.3) is 5.91 Å². The maximum Gasteiger partial charge on any atom is 0.326 e. The van der Waals surface area contributed by atoms with Crippen LogP contribution in [-0.2, 0) is 11.2 Å². The summed E-state index contributed by atoms with van der Waals surface area (Å²) in [6.45, 7) is 0. The summed E-state index contributed by atoms with van der Waals surface area (Å²) in [5.41, 5.74) is 1.56. The first-order valence-electron chi connectivity index (χ1n) is 7.43. The number of fused-ring (bicyclic) bond motifs is 1. The number of H-pyrrole nitrogens is 1. The van der Waals surface area contributed by atoms with Crippen LogP contribution in [0.3, 0.4) is 0 Å². The lowest BCUT2D eigenvalue weighted by molar-refractivity contribution is -0.139. The van der Waals surface area contributed by atoms with Gasteiger partial charge in [-0.1, -0.05) is 36.4 Å². The number of nitrogens with one attached hydrogen (secondary N) is 2. The fourth-order valence-corrected chi connectivity index (χ4v) is 2.63. The van der Waals surface area contributed by atoms with Crippen molar-refractivity contribution in [2.45, 2.75) is 12.5 Å². The molecule has 3 rings (SSSR count). The number of carbonyl (C=O) groups excluding carboxylic acids is 1. The molecule has 0 saturated carbocycles. The maximum absolute atomic E-state index is 12.2. The second kappa shape index (κ2) is 6.45. The minimum atomic E-state index is -1.16. The molecule has 0 fully saturated rings. The normalized spacial score (nSPS) is 12.0. The number of amides is 1. The molecular weight excluding hydrogens is 308 g/mol. The van der Waals surface area contributed by atoms with E-state index in [4.69, 9.17) is 0 Å². The minimum Gasteiger partial charge on any atom is -0.494 e. The van der Waals surface area contributed by atoms with Gasteiger partial charge in [-0.05, 0) is 18.2 Å². The quantitative estimate of drug-likeness (QED) is 0.578. The highest BCUT2D eigenvalue weighted by Gasteiger charge is 2.24. The first-order chi connectivity index (χ1) is 11.6. The standard InChI is InChI=1S/C18H16N2O4/c21-16(11-6-2-1-3-7-11)20-15(18(23)24)10-13-12-8-4-5-9-14(12)19-17(13)22/h1-9,15,19,22H,10H2,(H,20,21)(H,23,24). The van der Waals surface area contributed by atoms with Gasteiger partial charge in [-0.2, -0.15) is 0 Å². The monoisotopic (exact) mass is 324 g/mol. The summed E-state index contributed by atoms with van der Waals surface area (Å²) in [7, 11) is 0. The van der Waals surface area contributed by atoms with Crippen molar-refractivity contribution in [2.24, 2.45) is 0 Å². The molecule has 1 unspecified atom stereocenters. The van der Waals surface area contributed by atoms with Crippen molar-refractivity contribution in [1.29, 1.82) is 0 Å². The number of hydrogen-bond acceptors (Lipinski definition) is 3. The van der Waals surface area contributed by atoms with Gasteiger partial charge in [-0.3, -0.25) is 4.79 Å². The van der Waals surface area contributed by atoms with Crippen molar-refractivity contribution in [3.8, 4) is 5.88 Å². The summed E-state index contributed by atoms with van der Waals surface area (Å²) < 4.78 is 0. The molecule has 0 spiro atoms. The van der Waals surface area contributed by atoms with Crippen LogP contribution in [0.4, 0.5) is 0 Å². The highest BCUT2D eigenvalue weighted by atomic mass is 16.4. The number of aliphatic carboxylic acids is 1. The van der Waals surface area contributed by atoms with Crippen LogP contribution < -0.4 is 5.32 Å². The first kappa shape index (κ1) is 15.6. The zero-order valence-electron chi connectivity index (χ0n) is 12.7. The maximum atomic E-state index is 12.2. The molecule has 1 aromatic heterocycles. The molecule has 6 heteroatoms. The molecule has 122 valence electrons. The van der Waals surface area contributed by atoms with Crippen molar-refractivity contribution >= 4 is 22.8 Å². The van der Waals surface area contributed by atoms with E-state index in [1.807, 2.05) is 6.07 Å². The largest absolute Gasteiger partial charge is 0.494 e. The molecule has 0 aliphatic heterocycles. The fraction of sp³-hybridized carbons (Fsp3) is 0.111. The Morgan fingerprint density at radius 1 is 1.04 bits per heavy atom. The molecular formula is C18H16N2O4. The molecule has 0 bridgehead atoms. The Morgan fingerprint density at radius 2 is 1.71 bits per heavy atom. The number of aromatic amines is 1. The zero-order chi connectivity index (χ0) is 17.1. The van der Waals surface area contributed by atoms with Gasteiger partial charge in [0.1, 0.15) is 6.04 Å². The van der Waals surface area contributed by atoms with Gasteiger partial charge in [0.15, 0.2) is 5.88 Å². The van der Waals surface area contributed by atoms with E-state index in [9.17, 15) is 19.8 Å². The number of aromatic nitrogens is 1. The lowest BCUT2D eigenvalue weighted by atomic mass is 10.0.